The summed E-state index contributed by atoms with van der Waals surface area (Å²) in [7, 11) is 0. The zero-order chi connectivity index (χ0) is 24.5. The number of benzene rings is 2. The molecule has 2 N–H and O–H groups in total. The van der Waals surface area contributed by atoms with Gasteiger partial charge in [0.05, 0.1) is 5.37 Å². The van der Waals surface area contributed by atoms with Crippen LogP contribution in [-0.2, 0) is 14.3 Å². The molecular weight excluding hydrogens is 464 g/mol. The summed E-state index contributed by atoms with van der Waals surface area (Å²) >= 11 is 1.50. The van der Waals surface area contributed by atoms with E-state index in [0.29, 0.717) is 31.4 Å². The van der Waals surface area contributed by atoms with Crippen molar-refractivity contribution in [3.63, 3.8) is 0 Å². The number of thioether (sulfide) groups is 1. The van der Waals surface area contributed by atoms with Gasteiger partial charge in [0, 0.05) is 23.6 Å². The van der Waals surface area contributed by atoms with E-state index in [-0.39, 0.29) is 35.8 Å². The first-order valence-electron chi connectivity index (χ1n) is 12.2. The summed E-state index contributed by atoms with van der Waals surface area (Å²) in [6.07, 6.45) is 2.18. The number of hydrogen-bond donors (Lipinski definition) is 2. The number of hydrogen-bond acceptors (Lipinski definition) is 5. The molecule has 2 atom stereocenters. The third kappa shape index (κ3) is 4.63. The summed E-state index contributed by atoms with van der Waals surface area (Å²) in [5.41, 5.74) is 4.73. The minimum absolute atomic E-state index is 0.0176. The maximum atomic E-state index is 13.0. The molecule has 2 aromatic rings. The molecule has 8 heteroatoms. The van der Waals surface area contributed by atoms with Crippen LogP contribution in [0.15, 0.2) is 48.5 Å². The first-order chi connectivity index (χ1) is 16.9. The third-order valence-electron chi connectivity index (χ3n) is 7.50. The van der Waals surface area contributed by atoms with Gasteiger partial charge in [-0.1, -0.05) is 48.5 Å². The molecule has 1 aliphatic heterocycles. The number of carbonyl (C=O) groups is 3. The van der Waals surface area contributed by atoms with Crippen LogP contribution in [0.3, 0.4) is 0 Å². The van der Waals surface area contributed by atoms with Crippen molar-refractivity contribution in [2.75, 3.05) is 12.4 Å². The number of aliphatic carboxylic acids is 1. The van der Waals surface area contributed by atoms with Gasteiger partial charge in [-0.3, -0.25) is 4.79 Å². The lowest BCUT2D eigenvalue weighted by Gasteiger charge is -2.33. The first kappa shape index (κ1) is 23.7. The number of fused-ring (bicyclic) bond motifs is 3. The Bertz CT molecular complexity index is 1080. The summed E-state index contributed by atoms with van der Waals surface area (Å²) in [5.74, 6) is -0.765. The van der Waals surface area contributed by atoms with Crippen LogP contribution in [0.4, 0.5) is 4.79 Å². The zero-order valence-electron chi connectivity index (χ0n) is 19.7. The van der Waals surface area contributed by atoms with Gasteiger partial charge in [0.25, 0.3) is 0 Å². The van der Waals surface area contributed by atoms with Crippen molar-refractivity contribution in [2.24, 2.45) is 5.92 Å². The van der Waals surface area contributed by atoms with Crippen molar-refractivity contribution < 1.29 is 24.2 Å². The molecular formula is C27H30N2O5S. The van der Waals surface area contributed by atoms with E-state index < -0.39 is 18.1 Å². The van der Waals surface area contributed by atoms with Crippen LogP contribution in [0.25, 0.3) is 11.1 Å². The number of carboxylic acid groups (broad SMARTS) is 1. The zero-order valence-corrected chi connectivity index (χ0v) is 20.5. The second-order valence-corrected chi connectivity index (χ2v) is 10.9. The van der Waals surface area contributed by atoms with Gasteiger partial charge in [-0.25, -0.2) is 9.59 Å². The number of carboxylic acids is 1. The normalized spacial score (nSPS) is 25.6. The van der Waals surface area contributed by atoms with Crippen molar-refractivity contribution in [2.45, 2.75) is 56.0 Å². The number of ether oxygens (including phenoxy) is 1. The molecule has 0 aromatic heterocycles. The molecule has 3 aliphatic rings. The Morgan fingerprint density at radius 1 is 1.00 bits per heavy atom. The number of nitrogens with zero attached hydrogens (tertiary/aromatic N) is 1. The molecule has 184 valence electrons. The topological polar surface area (TPSA) is 95.9 Å². The molecule has 2 aliphatic carbocycles. The van der Waals surface area contributed by atoms with Crippen LogP contribution in [0.5, 0.6) is 0 Å². The molecule has 2 fully saturated rings. The molecule has 2 unspecified atom stereocenters. The Balaban J connectivity index is 1.13. The van der Waals surface area contributed by atoms with E-state index in [1.54, 1.807) is 0 Å². The van der Waals surface area contributed by atoms with Crippen molar-refractivity contribution in [1.82, 2.24) is 10.2 Å². The number of alkyl carbamates (subject to hydrolysis) is 1. The van der Waals surface area contributed by atoms with Gasteiger partial charge in [-0.15, -0.1) is 11.8 Å². The average molecular weight is 495 g/mol. The highest BCUT2D eigenvalue weighted by Gasteiger charge is 2.42. The molecule has 2 amide bonds. The van der Waals surface area contributed by atoms with Gasteiger partial charge in [0.1, 0.15) is 12.6 Å². The van der Waals surface area contributed by atoms with Crippen LogP contribution < -0.4 is 5.32 Å². The molecule has 0 bridgehead atoms. The predicted octanol–water partition coefficient (Wildman–Crippen LogP) is 4.46. The van der Waals surface area contributed by atoms with Gasteiger partial charge in [-0.05, 0) is 54.9 Å². The SMILES string of the molecule is CC1SCC(C(=O)O)N1C(=O)C1CCC(NC(=O)OCC2c3ccccc3-c3ccccc32)CC1. The molecule has 35 heavy (non-hydrogen) atoms. The first-order valence-corrected chi connectivity index (χ1v) is 13.3. The van der Waals surface area contributed by atoms with Crippen LogP contribution in [-0.4, -0.2) is 57.8 Å². The summed E-state index contributed by atoms with van der Waals surface area (Å²) in [6, 6.07) is 15.7. The average Bonchev–Trinajstić information content (AvgIpc) is 3.41. The molecule has 0 spiro atoms. The van der Waals surface area contributed by atoms with Gasteiger partial charge < -0.3 is 20.1 Å². The quantitative estimate of drug-likeness (QED) is 0.637. The lowest BCUT2D eigenvalue weighted by atomic mass is 9.85. The summed E-state index contributed by atoms with van der Waals surface area (Å²) in [5, 5.41) is 12.3. The minimum atomic E-state index is -0.944. The fraction of sp³-hybridized carbons (Fsp3) is 0.444. The van der Waals surface area contributed by atoms with E-state index in [2.05, 4.69) is 29.6 Å². The Labute approximate surface area is 209 Å². The highest BCUT2D eigenvalue weighted by molar-refractivity contribution is 8.00. The number of carbonyl (C=O) groups excluding carboxylic acids is 2. The van der Waals surface area contributed by atoms with Crippen molar-refractivity contribution in [3.05, 3.63) is 59.7 Å². The second-order valence-electron chi connectivity index (χ2n) is 9.55. The van der Waals surface area contributed by atoms with Gasteiger partial charge in [-0.2, -0.15) is 0 Å². The highest BCUT2D eigenvalue weighted by atomic mass is 32.2. The Kier molecular flexibility index (Phi) is 6.73. The Hall–Kier alpha value is -3.00. The van der Waals surface area contributed by atoms with Crippen LogP contribution in [0.1, 0.15) is 49.7 Å². The molecule has 1 heterocycles. The number of amides is 2. The fourth-order valence-corrected chi connectivity index (χ4v) is 6.85. The van der Waals surface area contributed by atoms with Gasteiger partial charge in [0.2, 0.25) is 5.91 Å². The molecule has 5 rings (SSSR count). The van der Waals surface area contributed by atoms with Crippen molar-refractivity contribution >= 4 is 29.7 Å². The smallest absolute Gasteiger partial charge is 0.407 e. The molecule has 1 saturated carbocycles. The molecule has 7 nitrogen and oxygen atoms in total. The van der Waals surface area contributed by atoms with E-state index in [1.165, 1.54) is 38.9 Å². The predicted molar refractivity (Wildman–Crippen MR) is 134 cm³/mol. The van der Waals surface area contributed by atoms with E-state index in [0.717, 1.165) is 0 Å². The Morgan fingerprint density at radius 2 is 1.60 bits per heavy atom. The number of rotatable bonds is 5. The number of nitrogens with one attached hydrogen (secondary N) is 1. The molecule has 0 radical (unpaired) electrons. The van der Waals surface area contributed by atoms with Crippen LogP contribution >= 0.6 is 11.8 Å². The van der Waals surface area contributed by atoms with E-state index in [1.807, 2.05) is 31.2 Å². The third-order valence-corrected chi connectivity index (χ3v) is 8.72. The second kappa shape index (κ2) is 9.93. The Morgan fingerprint density at radius 3 is 2.20 bits per heavy atom. The minimum Gasteiger partial charge on any atom is -0.480 e. The van der Waals surface area contributed by atoms with Crippen LogP contribution in [0, 0.1) is 5.92 Å². The monoisotopic (exact) mass is 494 g/mol. The maximum Gasteiger partial charge on any atom is 0.407 e. The lowest BCUT2D eigenvalue weighted by molar-refractivity contribution is -0.151. The standard InChI is InChI=1S/C27H30N2O5S/c1-16-29(24(15-35-16)26(31)32)25(30)17-10-12-18(13-11-17)28-27(33)34-14-23-21-8-4-2-6-19(21)20-7-3-5-9-22(20)23/h2-9,16-18,23-24H,10-15H2,1H3,(H,28,33)(H,31,32). The summed E-state index contributed by atoms with van der Waals surface area (Å²) in [6.45, 7) is 2.16. The van der Waals surface area contributed by atoms with Gasteiger partial charge in [0.15, 0.2) is 0 Å². The fourth-order valence-electron chi connectivity index (χ4n) is 5.67. The van der Waals surface area contributed by atoms with E-state index >= 15 is 0 Å². The molecule has 2 aromatic carbocycles. The summed E-state index contributed by atoms with van der Waals surface area (Å²) < 4.78 is 5.66. The van der Waals surface area contributed by atoms with Crippen molar-refractivity contribution in [3.8, 4) is 11.1 Å². The van der Waals surface area contributed by atoms with E-state index in [9.17, 15) is 19.5 Å². The maximum absolute atomic E-state index is 13.0. The lowest BCUT2D eigenvalue weighted by Crippen LogP contribution is -2.49. The molecule has 1 saturated heterocycles. The van der Waals surface area contributed by atoms with Crippen molar-refractivity contribution in [1.29, 1.82) is 0 Å². The van der Waals surface area contributed by atoms with Gasteiger partial charge >= 0.3 is 12.1 Å². The summed E-state index contributed by atoms with van der Waals surface area (Å²) in [4.78, 5) is 38.7. The highest BCUT2D eigenvalue weighted by Crippen LogP contribution is 2.44. The largest absolute Gasteiger partial charge is 0.480 e. The van der Waals surface area contributed by atoms with Crippen LogP contribution in [0.2, 0.25) is 0 Å². The van der Waals surface area contributed by atoms with E-state index in [4.69, 9.17) is 4.74 Å².